The molecule has 0 aliphatic carbocycles. The maximum absolute atomic E-state index is 4.46. The SMILES string of the molecule is CCn1ccc2ccc(CN3CCC[C@@H](c4ccncn4)C3)cc21. The topological polar surface area (TPSA) is 34.0 Å². The van der Waals surface area contributed by atoms with Gasteiger partial charge in [0.25, 0.3) is 0 Å². The zero-order chi connectivity index (χ0) is 16.4. The van der Waals surface area contributed by atoms with E-state index in [-0.39, 0.29) is 0 Å². The number of aryl methyl sites for hydroxylation is 1. The molecule has 4 rings (SSSR count). The van der Waals surface area contributed by atoms with Crippen LogP contribution in [-0.4, -0.2) is 32.5 Å². The smallest absolute Gasteiger partial charge is 0.115 e. The Morgan fingerprint density at radius 2 is 2.17 bits per heavy atom. The molecule has 0 amide bonds. The van der Waals surface area contributed by atoms with Gasteiger partial charge in [0.15, 0.2) is 0 Å². The van der Waals surface area contributed by atoms with Crippen molar-refractivity contribution in [2.45, 2.75) is 38.8 Å². The molecule has 0 N–H and O–H groups in total. The Balaban J connectivity index is 1.50. The molecule has 0 bridgehead atoms. The van der Waals surface area contributed by atoms with Gasteiger partial charge < -0.3 is 4.57 Å². The molecule has 0 radical (unpaired) electrons. The summed E-state index contributed by atoms with van der Waals surface area (Å²) in [5.41, 5.74) is 3.93. The van der Waals surface area contributed by atoms with E-state index >= 15 is 0 Å². The van der Waals surface area contributed by atoms with Crippen molar-refractivity contribution < 1.29 is 0 Å². The lowest BCUT2D eigenvalue weighted by Gasteiger charge is -2.32. The predicted octanol–water partition coefficient (Wildman–Crippen LogP) is 3.83. The van der Waals surface area contributed by atoms with Crippen LogP contribution in [0.2, 0.25) is 0 Å². The Labute approximate surface area is 143 Å². The fourth-order valence-corrected chi connectivity index (χ4v) is 3.84. The Bertz CT molecular complexity index is 809. The lowest BCUT2D eigenvalue weighted by Crippen LogP contribution is -2.34. The van der Waals surface area contributed by atoms with Crippen LogP contribution >= 0.6 is 0 Å². The molecule has 24 heavy (non-hydrogen) atoms. The van der Waals surface area contributed by atoms with E-state index in [1.165, 1.54) is 41.5 Å². The van der Waals surface area contributed by atoms with Crippen LogP contribution in [0.15, 0.2) is 49.1 Å². The number of hydrogen-bond acceptors (Lipinski definition) is 3. The third-order valence-corrected chi connectivity index (χ3v) is 5.11. The summed E-state index contributed by atoms with van der Waals surface area (Å²) in [6.07, 6.45) is 8.17. The molecular weight excluding hydrogens is 296 g/mol. The van der Waals surface area contributed by atoms with Gasteiger partial charge in [-0.25, -0.2) is 9.97 Å². The van der Waals surface area contributed by atoms with Crippen LogP contribution in [0, 0.1) is 0 Å². The number of hydrogen-bond donors (Lipinski definition) is 0. The molecule has 4 heteroatoms. The van der Waals surface area contributed by atoms with Gasteiger partial charge in [0.2, 0.25) is 0 Å². The summed E-state index contributed by atoms with van der Waals surface area (Å²) in [5.74, 6) is 0.532. The molecule has 1 aromatic carbocycles. The summed E-state index contributed by atoms with van der Waals surface area (Å²) in [5, 5.41) is 1.33. The highest BCUT2D eigenvalue weighted by molar-refractivity contribution is 5.80. The van der Waals surface area contributed by atoms with E-state index in [4.69, 9.17) is 0 Å². The minimum absolute atomic E-state index is 0.532. The van der Waals surface area contributed by atoms with E-state index in [1.54, 1.807) is 6.33 Å². The van der Waals surface area contributed by atoms with Crippen LogP contribution in [-0.2, 0) is 13.1 Å². The van der Waals surface area contributed by atoms with Crippen molar-refractivity contribution in [2.75, 3.05) is 13.1 Å². The van der Waals surface area contributed by atoms with Gasteiger partial charge >= 0.3 is 0 Å². The van der Waals surface area contributed by atoms with Crippen LogP contribution in [0.4, 0.5) is 0 Å². The van der Waals surface area contributed by atoms with Gasteiger partial charge in [0.05, 0.1) is 0 Å². The molecule has 0 spiro atoms. The number of piperidine rings is 1. The number of aromatic nitrogens is 3. The molecule has 1 aliphatic rings. The molecule has 4 nitrogen and oxygen atoms in total. The van der Waals surface area contributed by atoms with Crippen LogP contribution < -0.4 is 0 Å². The predicted molar refractivity (Wildman–Crippen MR) is 96.9 cm³/mol. The zero-order valence-corrected chi connectivity index (χ0v) is 14.2. The average molecular weight is 320 g/mol. The van der Waals surface area contributed by atoms with Crippen molar-refractivity contribution >= 4 is 10.9 Å². The maximum Gasteiger partial charge on any atom is 0.115 e. The van der Waals surface area contributed by atoms with Crippen molar-refractivity contribution in [1.82, 2.24) is 19.4 Å². The molecule has 1 fully saturated rings. The average Bonchev–Trinajstić information content (AvgIpc) is 3.05. The highest BCUT2D eigenvalue weighted by Gasteiger charge is 2.22. The minimum Gasteiger partial charge on any atom is -0.348 e. The quantitative estimate of drug-likeness (QED) is 0.732. The van der Waals surface area contributed by atoms with Crippen molar-refractivity contribution in [2.24, 2.45) is 0 Å². The van der Waals surface area contributed by atoms with Crippen LogP contribution in [0.1, 0.15) is 36.9 Å². The monoisotopic (exact) mass is 320 g/mol. The number of likely N-dealkylation sites (tertiary alicyclic amines) is 1. The lowest BCUT2D eigenvalue weighted by atomic mass is 9.94. The molecule has 1 aliphatic heterocycles. The second kappa shape index (κ2) is 6.73. The largest absolute Gasteiger partial charge is 0.348 e. The summed E-state index contributed by atoms with van der Waals surface area (Å²) in [7, 11) is 0. The first-order valence-corrected chi connectivity index (χ1v) is 8.89. The number of nitrogens with zero attached hydrogens (tertiary/aromatic N) is 4. The van der Waals surface area contributed by atoms with E-state index in [2.05, 4.69) is 62.9 Å². The Morgan fingerprint density at radius 1 is 1.21 bits per heavy atom. The van der Waals surface area contributed by atoms with E-state index < -0.39 is 0 Å². The van der Waals surface area contributed by atoms with E-state index in [1.807, 2.05) is 6.20 Å². The van der Waals surface area contributed by atoms with Gasteiger partial charge in [-0.1, -0.05) is 12.1 Å². The summed E-state index contributed by atoms with van der Waals surface area (Å²) < 4.78 is 2.32. The fourth-order valence-electron chi connectivity index (χ4n) is 3.84. The molecule has 1 atom stereocenters. The second-order valence-electron chi connectivity index (χ2n) is 6.70. The lowest BCUT2D eigenvalue weighted by molar-refractivity contribution is 0.198. The van der Waals surface area contributed by atoms with Gasteiger partial charge in [-0.15, -0.1) is 0 Å². The van der Waals surface area contributed by atoms with E-state index in [0.29, 0.717) is 5.92 Å². The Kier molecular flexibility index (Phi) is 4.30. The summed E-state index contributed by atoms with van der Waals surface area (Å²) >= 11 is 0. The Morgan fingerprint density at radius 3 is 3.00 bits per heavy atom. The van der Waals surface area contributed by atoms with Gasteiger partial charge in [0, 0.05) is 49.2 Å². The maximum atomic E-state index is 4.46. The fraction of sp³-hybridized carbons (Fsp3) is 0.400. The first-order valence-electron chi connectivity index (χ1n) is 8.89. The normalized spacial score (nSPS) is 19.0. The van der Waals surface area contributed by atoms with Crippen molar-refractivity contribution in [3.63, 3.8) is 0 Å². The molecule has 3 heterocycles. The summed E-state index contributed by atoms with van der Waals surface area (Å²) in [6.45, 7) is 6.50. The number of fused-ring (bicyclic) bond motifs is 1. The third-order valence-electron chi connectivity index (χ3n) is 5.11. The van der Waals surface area contributed by atoms with Gasteiger partial charge in [-0.2, -0.15) is 0 Å². The molecule has 0 unspecified atom stereocenters. The standard InChI is InChI=1S/C20H24N4/c1-2-24-11-8-17-6-5-16(12-20(17)24)13-23-10-3-4-18(14-23)19-7-9-21-15-22-19/h5-9,11-12,15,18H,2-4,10,13-14H2,1H3/t18-/m1/s1. The zero-order valence-electron chi connectivity index (χ0n) is 14.2. The first kappa shape index (κ1) is 15.3. The number of benzene rings is 1. The van der Waals surface area contributed by atoms with Crippen molar-refractivity contribution in [1.29, 1.82) is 0 Å². The molecule has 0 saturated carbocycles. The van der Waals surface area contributed by atoms with Gasteiger partial charge in [-0.05, 0) is 55.5 Å². The van der Waals surface area contributed by atoms with Crippen molar-refractivity contribution in [3.05, 3.63) is 60.3 Å². The Hall–Kier alpha value is -2.20. The minimum atomic E-state index is 0.532. The van der Waals surface area contributed by atoms with Crippen molar-refractivity contribution in [3.8, 4) is 0 Å². The molecule has 2 aromatic heterocycles. The first-order chi connectivity index (χ1) is 11.8. The van der Waals surface area contributed by atoms with Gasteiger partial charge in [-0.3, -0.25) is 4.90 Å². The van der Waals surface area contributed by atoms with E-state index in [9.17, 15) is 0 Å². The molecule has 124 valence electrons. The van der Waals surface area contributed by atoms with Crippen LogP contribution in [0.25, 0.3) is 10.9 Å². The highest BCUT2D eigenvalue weighted by Crippen LogP contribution is 2.27. The van der Waals surface area contributed by atoms with Gasteiger partial charge in [0.1, 0.15) is 6.33 Å². The highest BCUT2D eigenvalue weighted by atomic mass is 15.1. The molecule has 1 saturated heterocycles. The summed E-state index contributed by atoms with van der Waals surface area (Å²) in [6, 6.07) is 11.1. The number of rotatable bonds is 4. The summed E-state index contributed by atoms with van der Waals surface area (Å²) in [4.78, 5) is 11.1. The molecule has 3 aromatic rings. The van der Waals surface area contributed by atoms with E-state index in [0.717, 1.165) is 19.6 Å². The van der Waals surface area contributed by atoms with Crippen LogP contribution in [0.3, 0.4) is 0 Å². The molecular formula is C20H24N4. The second-order valence-corrected chi connectivity index (χ2v) is 6.70. The third kappa shape index (κ3) is 3.06. The van der Waals surface area contributed by atoms with Crippen LogP contribution in [0.5, 0.6) is 0 Å².